The minimum absolute atomic E-state index is 0.122. The molecular weight excluding hydrogens is 276 g/mol. The maximum absolute atomic E-state index is 12.3. The Morgan fingerprint density at radius 3 is 3.05 bits per heavy atom. The van der Waals surface area contributed by atoms with E-state index in [9.17, 15) is 4.79 Å². The summed E-state index contributed by atoms with van der Waals surface area (Å²) in [5.41, 5.74) is 0.812. The van der Waals surface area contributed by atoms with Crippen LogP contribution in [-0.4, -0.2) is 20.5 Å². The van der Waals surface area contributed by atoms with E-state index in [1.165, 1.54) is 25.7 Å². The van der Waals surface area contributed by atoms with Crippen LogP contribution in [0, 0.1) is 17.8 Å². The summed E-state index contributed by atoms with van der Waals surface area (Å²) in [6.45, 7) is 1.97. The lowest BCUT2D eigenvalue weighted by Gasteiger charge is -2.22. The zero-order valence-corrected chi connectivity index (χ0v) is 12.9. The number of rotatable bonds is 4. The molecule has 0 spiro atoms. The number of aromatic nitrogens is 3. The van der Waals surface area contributed by atoms with Crippen molar-refractivity contribution in [3.05, 3.63) is 30.2 Å². The van der Waals surface area contributed by atoms with Gasteiger partial charge in [-0.2, -0.15) is 0 Å². The molecule has 0 unspecified atom stereocenters. The van der Waals surface area contributed by atoms with Crippen LogP contribution in [0.5, 0.6) is 0 Å². The van der Waals surface area contributed by atoms with Gasteiger partial charge in [0.2, 0.25) is 5.91 Å². The van der Waals surface area contributed by atoms with Crippen molar-refractivity contribution in [1.29, 1.82) is 0 Å². The Morgan fingerprint density at radius 1 is 1.36 bits per heavy atom. The number of nitrogens with zero attached hydrogens (tertiary/aromatic N) is 3. The molecule has 2 aromatic rings. The van der Waals surface area contributed by atoms with E-state index >= 15 is 0 Å². The Kier molecular flexibility index (Phi) is 3.36. The maximum atomic E-state index is 12.3. The largest absolute Gasteiger partial charge is 0.346 e. The summed E-state index contributed by atoms with van der Waals surface area (Å²) in [5, 5.41) is 11.5. The second kappa shape index (κ2) is 5.38. The van der Waals surface area contributed by atoms with Crippen LogP contribution in [0.1, 0.15) is 50.9 Å². The molecule has 4 rings (SSSR count). The molecule has 2 heterocycles. The normalized spacial score (nSPS) is 28.1. The summed E-state index contributed by atoms with van der Waals surface area (Å²) >= 11 is 0. The third kappa shape index (κ3) is 2.38. The third-order valence-corrected chi connectivity index (χ3v) is 5.44. The summed E-state index contributed by atoms with van der Waals surface area (Å²) < 4.78 is 1.93. The number of hydrogen-bond donors (Lipinski definition) is 1. The lowest BCUT2D eigenvalue weighted by Crippen LogP contribution is -2.30. The van der Waals surface area contributed by atoms with E-state index < -0.39 is 0 Å². The summed E-state index contributed by atoms with van der Waals surface area (Å²) in [4.78, 5) is 12.3. The van der Waals surface area contributed by atoms with Crippen LogP contribution in [0.15, 0.2) is 24.4 Å². The molecule has 1 N–H and O–H groups in total. The molecule has 116 valence electrons. The van der Waals surface area contributed by atoms with Gasteiger partial charge in [-0.25, -0.2) is 0 Å². The van der Waals surface area contributed by atoms with Gasteiger partial charge in [0.1, 0.15) is 0 Å². The summed E-state index contributed by atoms with van der Waals surface area (Å²) in [7, 11) is 0. The minimum atomic E-state index is -0.122. The lowest BCUT2D eigenvalue weighted by atomic mass is 9.86. The quantitative estimate of drug-likeness (QED) is 0.944. The first-order valence-electron chi connectivity index (χ1n) is 8.29. The van der Waals surface area contributed by atoms with Crippen molar-refractivity contribution in [2.75, 3.05) is 0 Å². The first kappa shape index (κ1) is 13.7. The van der Waals surface area contributed by atoms with E-state index in [1.807, 2.05) is 35.7 Å². The zero-order valence-electron chi connectivity index (χ0n) is 12.9. The van der Waals surface area contributed by atoms with E-state index in [-0.39, 0.29) is 11.9 Å². The van der Waals surface area contributed by atoms with Crippen LogP contribution in [0.4, 0.5) is 0 Å². The molecule has 0 saturated heterocycles. The number of hydrogen-bond acceptors (Lipinski definition) is 3. The Morgan fingerprint density at radius 2 is 2.27 bits per heavy atom. The predicted molar refractivity (Wildman–Crippen MR) is 83.1 cm³/mol. The van der Waals surface area contributed by atoms with E-state index in [1.54, 1.807) is 0 Å². The number of carbonyl (C=O) groups excluding carboxylic acids is 1. The highest BCUT2D eigenvalue weighted by Gasteiger charge is 2.40. The summed E-state index contributed by atoms with van der Waals surface area (Å²) in [5.74, 6) is 3.22. The Hall–Kier alpha value is -1.91. The van der Waals surface area contributed by atoms with E-state index in [2.05, 4.69) is 15.5 Å². The van der Waals surface area contributed by atoms with Crippen molar-refractivity contribution in [2.45, 2.75) is 45.1 Å². The fraction of sp³-hybridized carbons (Fsp3) is 0.588. The molecule has 5 heteroatoms. The molecule has 22 heavy (non-hydrogen) atoms. The van der Waals surface area contributed by atoms with Crippen LogP contribution < -0.4 is 5.32 Å². The highest BCUT2D eigenvalue weighted by atomic mass is 16.1. The molecule has 2 saturated carbocycles. The molecule has 2 aliphatic rings. The van der Waals surface area contributed by atoms with Gasteiger partial charge in [-0.05, 0) is 56.1 Å². The van der Waals surface area contributed by atoms with Crippen molar-refractivity contribution < 1.29 is 4.79 Å². The minimum Gasteiger partial charge on any atom is -0.346 e. The fourth-order valence-electron chi connectivity index (χ4n) is 4.38. The molecular formula is C17H22N4O. The van der Waals surface area contributed by atoms with Gasteiger partial charge >= 0.3 is 0 Å². The number of amides is 1. The number of carbonyl (C=O) groups is 1. The van der Waals surface area contributed by atoms with Gasteiger partial charge in [0.05, 0.1) is 6.04 Å². The summed E-state index contributed by atoms with van der Waals surface area (Å²) in [6, 6.07) is 5.68. The van der Waals surface area contributed by atoms with Crippen molar-refractivity contribution in [3.8, 4) is 0 Å². The molecule has 2 aliphatic carbocycles. The molecule has 1 amide bonds. The van der Waals surface area contributed by atoms with E-state index in [0.29, 0.717) is 12.3 Å². The van der Waals surface area contributed by atoms with Crippen molar-refractivity contribution in [2.24, 2.45) is 17.8 Å². The van der Waals surface area contributed by atoms with E-state index in [0.717, 1.165) is 23.3 Å². The highest BCUT2D eigenvalue weighted by molar-refractivity contribution is 5.76. The first-order chi connectivity index (χ1) is 10.7. The van der Waals surface area contributed by atoms with Crippen molar-refractivity contribution in [3.63, 3.8) is 0 Å². The van der Waals surface area contributed by atoms with Crippen LogP contribution in [0.2, 0.25) is 0 Å². The third-order valence-electron chi connectivity index (χ3n) is 5.44. The molecule has 2 bridgehead atoms. The Bertz CT molecular complexity index is 695. The second-order valence-corrected chi connectivity index (χ2v) is 6.92. The molecule has 0 aromatic carbocycles. The van der Waals surface area contributed by atoms with Gasteiger partial charge in [0.25, 0.3) is 0 Å². The lowest BCUT2D eigenvalue weighted by molar-refractivity contribution is -0.123. The monoisotopic (exact) mass is 298 g/mol. The first-order valence-corrected chi connectivity index (χ1v) is 8.29. The average molecular weight is 298 g/mol. The zero-order chi connectivity index (χ0) is 15.1. The van der Waals surface area contributed by atoms with Crippen molar-refractivity contribution in [1.82, 2.24) is 19.9 Å². The fourth-order valence-corrected chi connectivity index (χ4v) is 4.38. The average Bonchev–Trinajstić information content (AvgIpc) is 3.21. The van der Waals surface area contributed by atoms with Gasteiger partial charge in [-0.3, -0.25) is 9.20 Å². The topological polar surface area (TPSA) is 59.3 Å². The smallest absolute Gasteiger partial charge is 0.220 e. The van der Waals surface area contributed by atoms with Crippen LogP contribution in [0.3, 0.4) is 0 Å². The van der Waals surface area contributed by atoms with E-state index in [4.69, 9.17) is 0 Å². The highest BCUT2D eigenvalue weighted by Crippen LogP contribution is 2.49. The van der Waals surface area contributed by atoms with Crippen LogP contribution in [0.25, 0.3) is 5.65 Å². The number of nitrogens with one attached hydrogen (secondary N) is 1. The second-order valence-electron chi connectivity index (χ2n) is 6.92. The van der Waals surface area contributed by atoms with Gasteiger partial charge in [0.15, 0.2) is 11.5 Å². The standard InChI is InChI=1S/C17H22N4O/c1-11(17-20-19-15-4-2-3-7-21(15)17)18-16(22)10-14-9-12-5-6-13(14)8-12/h2-4,7,11-14H,5-6,8-10H2,1H3,(H,18,22)/t11-,12+,13+,14-/m1/s1. The van der Waals surface area contributed by atoms with Gasteiger partial charge in [-0.15, -0.1) is 10.2 Å². The van der Waals surface area contributed by atoms with Gasteiger partial charge in [0, 0.05) is 12.6 Å². The van der Waals surface area contributed by atoms with Crippen molar-refractivity contribution >= 4 is 11.6 Å². The van der Waals surface area contributed by atoms with Crippen LogP contribution in [-0.2, 0) is 4.79 Å². The Balaban J connectivity index is 1.41. The van der Waals surface area contributed by atoms with Gasteiger partial charge in [-0.1, -0.05) is 12.5 Å². The molecule has 2 fully saturated rings. The molecule has 0 radical (unpaired) electrons. The summed E-state index contributed by atoms with van der Waals surface area (Å²) in [6.07, 6.45) is 7.91. The SMILES string of the molecule is C[C@@H](NC(=O)C[C@H]1C[C@H]2CC[C@H]1C2)c1nnc2ccccn12. The molecule has 0 aliphatic heterocycles. The molecule has 2 aromatic heterocycles. The number of pyridine rings is 1. The predicted octanol–water partition coefficient (Wildman–Crippen LogP) is 2.73. The van der Waals surface area contributed by atoms with Gasteiger partial charge < -0.3 is 5.32 Å². The molecule has 4 atom stereocenters. The molecule has 5 nitrogen and oxygen atoms in total. The van der Waals surface area contributed by atoms with Crippen LogP contribution >= 0.6 is 0 Å². The Labute approximate surface area is 130 Å². The maximum Gasteiger partial charge on any atom is 0.220 e. The number of fused-ring (bicyclic) bond motifs is 3.